The number of likely N-dealkylation sites (tertiary alicyclic amines) is 1. The largest absolute Gasteiger partial charge is 0.497 e. The average Bonchev–Trinajstić information content (AvgIpc) is 3.28. The minimum Gasteiger partial charge on any atom is -0.497 e. The Morgan fingerprint density at radius 3 is 2.33 bits per heavy atom. The number of para-hydroxylation sites is 1. The molecule has 1 saturated heterocycles. The first-order chi connectivity index (χ1) is 19.7. The van der Waals surface area contributed by atoms with Crippen molar-refractivity contribution >= 4 is 18.0 Å². The van der Waals surface area contributed by atoms with Gasteiger partial charge in [0, 0.05) is 12.1 Å². The van der Waals surface area contributed by atoms with Gasteiger partial charge in [0.15, 0.2) is 0 Å². The summed E-state index contributed by atoms with van der Waals surface area (Å²) in [5.41, 5.74) is 3.87. The van der Waals surface area contributed by atoms with Gasteiger partial charge in [0.25, 0.3) is 0 Å². The van der Waals surface area contributed by atoms with Gasteiger partial charge in [-0.2, -0.15) is 0 Å². The lowest BCUT2D eigenvalue weighted by atomic mass is 10.0. The first-order valence-electron chi connectivity index (χ1n) is 14.7. The van der Waals surface area contributed by atoms with Crippen molar-refractivity contribution < 1.29 is 14.3 Å². The normalized spacial score (nSPS) is 14.6. The minimum atomic E-state index is -0.583. The molecule has 1 atom stereocenters. The summed E-state index contributed by atoms with van der Waals surface area (Å²) in [6, 6.07) is 25.3. The number of anilines is 1. The van der Waals surface area contributed by atoms with Gasteiger partial charge in [0.2, 0.25) is 12.3 Å². The van der Waals surface area contributed by atoms with Crippen molar-refractivity contribution in [3.63, 3.8) is 0 Å². The molecule has 3 aromatic rings. The smallest absolute Gasteiger partial charge is 0.243 e. The highest BCUT2D eigenvalue weighted by molar-refractivity contribution is 5.96. The van der Waals surface area contributed by atoms with E-state index >= 15 is 0 Å². The third kappa shape index (κ3) is 8.43. The highest BCUT2D eigenvalue weighted by Crippen LogP contribution is 2.33. The Balaban J connectivity index is 1.50. The molecule has 0 saturated carbocycles. The van der Waals surface area contributed by atoms with Gasteiger partial charge < -0.3 is 19.9 Å². The molecule has 1 heterocycles. The fraction of sp³-hybridized carbons (Fsp3) is 0.412. The molecule has 6 nitrogen and oxygen atoms in total. The van der Waals surface area contributed by atoms with Gasteiger partial charge in [0.1, 0.15) is 11.8 Å². The number of amides is 2. The Kier molecular flexibility index (Phi) is 11.6. The summed E-state index contributed by atoms with van der Waals surface area (Å²) in [6.45, 7) is 3.76. The SMILES string of the molecule is COc1ccc(-c2ccccc2N(C=O)[C@@H](CCCN2CCCCCC2)C(=O)NCCCc2ccccc2)cc1. The standard InChI is InChI=1S/C34H43N3O3/c1-40-30-21-19-29(20-22-30)31-16-7-8-17-32(31)37(27-38)33(18-12-26-36-24-9-2-3-10-25-36)34(39)35-23-11-15-28-13-5-4-6-14-28/h4-8,13-14,16-17,19-22,27,33H,2-3,9-12,15,18,23-26H2,1H3,(H,35,39)/t33-/m0/s1. The molecule has 0 unspecified atom stereocenters. The summed E-state index contributed by atoms with van der Waals surface area (Å²) in [6.07, 6.45) is 9.10. The Labute approximate surface area is 239 Å². The molecular formula is C34H43N3O3. The lowest BCUT2D eigenvalue weighted by Crippen LogP contribution is -2.47. The number of carbonyl (C=O) groups is 2. The van der Waals surface area contributed by atoms with Crippen molar-refractivity contribution in [2.45, 2.75) is 57.4 Å². The lowest BCUT2D eigenvalue weighted by molar-refractivity contribution is -0.124. The number of benzene rings is 3. The summed E-state index contributed by atoms with van der Waals surface area (Å²) in [5.74, 6) is 0.676. The Morgan fingerprint density at radius 1 is 0.925 bits per heavy atom. The molecule has 4 rings (SSSR count). The van der Waals surface area contributed by atoms with Crippen LogP contribution in [0.4, 0.5) is 5.69 Å². The van der Waals surface area contributed by atoms with Gasteiger partial charge in [-0.1, -0.05) is 73.5 Å². The predicted molar refractivity (Wildman–Crippen MR) is 163 cm³/mol. The fourth-order valence-electron chi connectivity index (χ4n) is 5.54. The van der Waals surface area contributed by atoms with Crippen molar-refractivity contribution in [2.24, 2.45) is 0 Å². The van der Waals surface area contributed by atoms with Gasteiger partial charge in [-0.3, -0.25) is 9.59 Å². The zero-order chi connectivity index (χ0) is 28.0. The highest BCUT2D eigenvalue weighted by atomic mass is 16.5. The molecular weight excluding hydrogens is 498 g/mol. The molecule has 0 spiro atoms. The number of methoxy groups -OCH3 is 1. The molecule has 3 aromatic carbocycles. The minimum absolute atomic E-state index is 0.0967. The van der Waals surface area contributed by atoms with Crippen LogP contribution in [0.3, 0.4) is 0 Å². The van der Waals surface area contributed by atoms with E-state index in [0.29, 0.717) is 13.0 Å². The topological polar surface area (TPSA) is 61.9 Å². The van der Waals surface area contributed by atoms with E-state index < -0.39 is 6.04 Å². The molecule has 2 amide bonds. The van der Waals surface area contributed by atoms with E-state index in [1.54, 1.807) is 12.0 Å². The number of nitrogens with one attached hydrogen (secondary N) is 1. The van der Waals surface area contributed by atoms with Crippen LogP contribution in [0.15, 0.2) is 78.9 Å². The van der Waals surface area contributed by atoms with E-state index in [0.717, 1.165) is 67.9 Å². The Hall–Kier alpha value is -3.64. The van der Waals surface area contributed by atoms with E-state index in [4.69, 9.17) is 4.74 Å². The van der Waals surface area contributed by atoms with Gasteiger partial charge in [-0.05, 0) is 87.5 Å². The molecule has 1 N–H and O–H groups in total. The van der Waals surface area contributed by atoms with Crippen LogP contribution in [-0.2, 0) is 16.0 Å². The number of aryl methyl sites for hydroxylation is 1. The number of carbonyl (C=O) groups excluding carboxylic acids is 2. The summed E-state index contributed by atoms with van der Waals surface area (Å²) in [5, 5.41) is 3.14. The maximum Gasteiger partial charge on any atom is 0.243 e. The van der Waals surface area contributed by atoms with Gasteiger partial charge in [-0.15, -0.1) is 0 Å². The lowest BCUT2D eigenvalue weighted by Gasteiger charge is -2.30. The molecule has 6 heteroatoms. The van der Waals surface area contributed by atoms with Crippen molar-refractivity contribution in [3.05, 3.63) is 84.4 Å². The van der Waals surface area contributed by atoms with Crippen molar-refractivity contribution in [1.82, 2.24) is 10.2 Å². The molecule has 0 aromatic heterocycles. The molecule has 1 fully saturated rings. The second-order valence-corrected chi connectivity index (χ2v) is 10.6. The summed E-state index contributed by atoms with van der Waals surface area (Å²) in [7, 11) is 1.64. The van der Waals surface area contributed by atoms with Crippen LogP contribution in [0.25, 0.3) is 11.1 Å². The maximum atomic E-state index is 13.7. The molecule has 1 aliphatic rings. The van der Waals surface area contributed by atoms with E-state index in [9.17, 15) is 9.59 Å². The molecule has 1 aliphatic heterocycles. The zero-order valence-corrected chi connectivity index (χ0v) is 23.8. The zero-order valence-electron chi connectivity index (χ0n) is 23.8. The van der Waals surface area contributed by atoms with Crippen LogP contribution in [0.1, 0.15) is 50.5 Å². The Bertz CT molecular complexity index is 1170. The second-order valence-electron chi connectivity index (χ2n) is 10.6. The number of nitrogens with zero attached hydrogens (tertiary/aromatic N) is 2. The summed E-state index contributed by atoms with van der Waals surface area (Å²) < 4.78 is 5.33. The summed E-state index contributed by atoms with van der Waals surface area (Å²) in [4.78, 5) is 30.5. The fourth-order valence-corrected chi connectivity index (χ4v) is 5.54. The molecule has 0 radical (unpaired) electrons. The van der Waals surface area contributed by atoms with Gasteiger partial charge >= 0.3 is 0 Å². The van der Waals surface area contributed by atoms with Crippen molar-refractivity contribution in [3.8, 4) is 16.9 Å². The van der Waals surface area contributed by atoms with Crippen LogP contribution < -0.4 is 15.0 Å². The molecule has 0 aliphatic carbocycles. The van der Waals surface area contributed by atoms with Crippen molar-refractivity contribution in [2.75, 3.05) is 38.2 Å². The quantitative estimate of drug-likeness (QED) is 0.198. The van der Waals surface area contributed by atoms with Crippen molar-refractivity contribution in [1.29, 1.82) is 0 Å². The number of ether oxygens (including phenoxy) is 1. The predicted octanol–water partition coefficient (Wildman–Crippen LogP) is 6.10. The molecule has 40 heavy (non-hydrogen) atoms. The number of hydrogen-bond donors (Lipinski definition) is 1. The van der Waals surface area contributed by atoms with Crippen LogP contribution in [-0.4, -0.2) is 56.5 Å². The van der Waals surface area contributed by atoms with E-state index in [1.807, 2.05) is 66.7 Å². The van der Waals surface area contributed by atoms with E-state index in [2.05, 4.69) is 22.3 Å². The third-order valence-electron chi connectivity index (χ3n) is 7.77. The summed E-state index contributed by atoms with van der Waals surface area (Å²) >= 11 is 0. The maximum absolute atomic E-state index is 13.7. The third-order valence-corrected chi connectivity index (χ3v) is 7.77. The van der Waals surface area contributed by atoms with Crippen LogP contribution in [0, 0.1) is 0 Å². The number of rotatable bonds is 14. The highest BCUT2D eigenvalue weighted by Gasteiger charge is 2.28. The second kappa shape index (κ2) is 15.8. The Morgan fingerprint density at radius 2 is 1.62 bits per heavy atom. The monoisotopic (exact) mass is 541 g/mol. The molecule has 212 valence electrons. The van der Waals surface area contributed by atoms with Gasteiger partial charge in [-0.25, -0.2) is 0 Å². The average molecular weight is 542 g/mol. The molecule has 0 bridgehead atoms. The van der Waals surface area contributed by atoms with E-state index in [1.165, 1.54) is 31.2 Å². The van der Waals surface area contributed by atoms with E-state index in [-0.39, 0.29) is 5.91 Å². The van der Waals surface area contributed by atoms with Gasteiger partial charge in [0.05, 0.1) is 12.8 Å². The van der Waals surface area contributed by atoms with Crippen LogP contribution in [0.2, 0.25) is 0 Å². The van der Waals surface area contributed by atoms with Crippen LogP contribution in [0.5, 0.6) is 5.75 Å². The number of hydrogen-bond acceptors (Lipinski definition) is 4. The first kappa shape index (κ1) is 29.3. The first-order valence-corrected chi connectivity index (χ1v) is 14.7. The van der Waals surface area contributed by atoms with Crippen LogP contribution >= 0.6 is 0 Å².